The van der Waals surface area contributed by atoms with Gasteiger partial charge in [0.25, 0.3) is 11.5 Å². The lowest BCUT2D eigenvalue weighted by Gasteiger charge is -1.99. The zero-order valence-electron chi connectivity index (χ0n) is 9.49. The van der Waals surface area contributed by atoms with Crippen molar-refractivity contribution in [3.8, 4) is 0 Å². The van der Waals surface area contributed by atoms with Crippen molar-refractivity contribution >= 4 is 17.2 Å². The summed E-state index contributed by atoms with van der Waals surface area (Å²) in [5.41, 5.74) is -1.12. The first-order valence-electron chi connectivity index (χ1n) is 5.04. The number of hydrogen-bond donors (Lipinski definition) is 1. The number of aromatic amines is 1. The van der Waals surface area contributed by atoms with Gasteiger partial charge in [0, 0.05) is 30.9 Å². The molecule has 0 aliphatic heterocycles. The number of aryl methyl sites for hydroxylation is 1. The largest absolute Gasteiger partial charge is 0.328 e. The Kier molecular flexibility index (Phi) is 3.38. The number of nitrogens with one attached hydrogen (secondary N) is 1. The molecule has 7 nitrogen and oxygen atoms in total. The molecule has 0 saturated heterocycles. The van der Waals surface area contributed by atoms with Crippen molar-refractivity contribution in [1.82, 2.24) is 14.1 Å². The molecule has 18 heavy (non-hydrogen) atoms. The number of H-pyrrole nitrogens is 1. The second kappa shape index (κ2) is 4.96. The third-order valence-corrected chi connectivity index (χ3v) is 3.03. The van der Waals surface area contributed by atoms with Gasteiger partial charge in [0.2, 0.25) is 0 Å². The van der Waals surface area contributed by atoms with Gasteiger partial charge in [0.15, 0.2) is 4.80 Å². The SMILES string of the molecule is Cn1ccsc1=NC(=O)Cn1ccc(=O)[nH]c1=O. The molecular formula is C10H10N4O3S. The van der Waals surface area contributed by atoms with Crippen molar-refractivity contribution in [2.45, 2.75) is 6.54 Å². The Morgan fingerprint density at radius 1 is 1.44 bits per heavy atom. The second-order valence-corrected chi connectivity index (χ2v) is 4.41. The van der Waals surface area contributed by atoms with Crippen molar-refractivity contribution in [1.29, 1.82) is 0 Å². The Morgan fingerprint density at radius 3 is 2.83 bits per heavy atom. The van der Waals surface area contributed by atoms with Gasteiger partial charge >= 0.3 is 5.69 Å². The quantitative estimate of drug-likeness (QED) is 0.761. The molecule has 8 heteroatoms. The van der Waals surface area contributed by atoms with E-state index in [0.29, 0.717) is 4.80 Å². The summed E-state index contributed by atoms with van der Waals surface area (Å²) < 4.78 is 2.80. The lowest BCUT2D eigenvalue weighted by Crippen LogP contribution is -2.31. The molecule has 2 rings (SSSR count). The zero-order valence-corrected chi connectivity index (χ0v) is 10.3. The van der Waals surface area contributed by atoms with Crippen LogP contribution in [0.1, 0.15) is 0 Å². The number of rotatable bonds is 2. The molecule has 0 aliphatic carbocycles. The number of aromatic nitrogens is 3. The molecule has 2 heterocycles. The molecule has 0 atom stereocenters. The van der Waals surface area contributed by atoms with Gasteiger partial charge in [-0.05, 0) is 0 Å². The molecule has 94 valence electrons. The maximum atomic E-state index is 11.6. The van der Waals surface area contributed by atoms with E-state index in [2.05, 4.69) is 9.98 Å². The van der Waals surface area contributed by atoms with E-state index in [1.54, 1.807) is 23.2 Å². The molecule has 0 bridgehead atoms. The van der Waals surface area contributed by atoms with Crippen molar-refractivity contribution in [2.75, 3.05) is 0 Å². The molecule has 2 aromatic rings. The van der Waals surface area contributed by atoms with Crippen LogP contribution in [0, 0.1) is 0 Å². The van der Waals surface area contributed by atoms with Gasteiger partial charge in [-0.25, -0.2) is 4.79 Å². The summed E-state index contributed by atoms with van der Waals surface area (Å²) in [7, 11) is 1.77. The van der Waals surface area contributed by atoms with Gasteiger partial charge in [-0.3, -0.25) is 19.1 Å². The van der Waals surface area contributed by atoms with Crippen LogP contribution < -0.4 is 16.1 Å². The highest BCUT2D eigenvalue weighted by Gasteiger charge is 2.03. The standard InChI is InChI=1S/C10H10N4O3S/c1-13-4-5-18-10(13)12-8(16)6-14-3-2-7(15)11-9(14)17/h2-5H,6H2,1H3,(H,11,15,17). The number of thiazole rings is 1. The molecule has 0 radical (unpaired) electrons. The van der Waals surface area contributed by atoms with E-state index in [0.717, 1.165) is 4.57 Å². The van der Waals surface area contributed by atoms with Gasteiger partial charge in [-0.15, -0.1) is 11.3 Å². The van der Waals surface area contributed by atoms with Crippen LogP contribution in [0.3, 0.4) is 0 Å². The van der Waals surface area contributed by atoms with Crippen molar-refractivity contribution in [3.63, 3.8) is 0 Å². The fourth-order valence-electron chi connectivity index (χ4n) is 1.29. The summed E-state index contributed by atoms with van der Waals surface area (Å²) in [6.45, 7) is -0.201. The summed E-state index contributed by atoms with van der Waals surface area (Å²) in [5, 5.41) is 1.80. The highest BCUT2D eigenvalue weighted by molar-refractivity contribution is 7.07. The summed E-state index contributed by atoms with van der Waals surface area (Å²) in [6, 6.07) is 1.18. The van der Waals surface area contributed by atoms with Gasteiger partial charge in [-0.1, -0.05) is 0 Å². The van der Waals surface area contributed by atoms with Gasteiger partial charge in [0.05, 0.1) is 0 Å². The normalized spacial score (nSPS) is 11.7. The minimum atomic E-state index is -0.624. The monoisotopic (exact) mass is 266 g/mol. The van der Waals surface area contributed by atoms with Crippen molar-refractivity contribution < 1.29 is 4.79 Å². The number of nitrogens with zero attached hydrogens (tertiary/aromatic N) is 3. The maximum Gasteiger partial charge on any atom is 0.328 e. The molecule has 0 saturated carbocycles. The fourth-order valence-corrected chi connectivity index (χ4v) is 2.04. The third-order valence-electron chi connectivity index (χ3n) is 2.18. The molecular weight excluding hydrogens is 256 g/mol. The fraction of sp³-hybridized carbons (Fsp3) is 0.200. The van der Waals surface area contributed by atoms with E-state index in [1.807, 2.05) is 0 Å². The highest BCUT2D eigenvalue weighted by Crippen LogP contribution is 1.88. The minimum Gasteiger partial charge on any atom is -0.327 e. The number of carbonyl (C=O) groups is 1. The molecule has 1 amide bonds. The smallest absolute Gasteiger partial charge is 0.327 e. The average Bonchev–Trinajstić information content (AvgIpc) is 2.69. The van der Waals surface area contributed by atoms with Crippen LogP contribution in [0.25, 0.3) is 0 Å². The highest BCUT2D eigenvalue weighted by atomic mass is 32.1. The average molecular weight is 266 g/mol. The third kappa shape index (κ3) is 2.72. The van der Waals surface area contributed by atoms with Crippen LogP contribution in [0.15, 0.2) is 38.4 Å². The molecule has 0 aromatic carbocycles. The predicted octanol–water partition coefficient (Wildman–Crippen LogP) is -0.936. The topological polar surface area (TPSA) is 89.2 Å². The summed E-state index contributed by atoms with van der Waals surface area (Å²) in [6.07, 6.45) is 3.05. The summed E-state index contributed by atoms with van der Waals surface area (Å²) in [4.78, 5) is 40.3. The maximum absolute atomic E-state index is 11.6. The Hall–Kier alpha value is -2.22. The van der Waals surface area contributed by atoms with E-state index in [1.165, 1.54) is 23.6 Å². The first-order chi connectivity index (χ1) is 8.56. The predicted molar refractivity (Wildman–Crippen MR) is 65.2 cm³/mol. The summed E-state index contributed by atoms with van der Waals surface area (Å²) in [5.74, 6) is -0.456. The molecule has 0 fully saturated rings. The van der Waals surface area contributed by atoms with E-state index in [9.17, 15) is 14.4 Å². The van der Waals surface area contributed by atoms with Crippen LogP contribution >= 0.6 is 11.3 Å². The van der Waals surface area contributed by atoms with Crippen LogP contribution in [-0.2, 0) is 18.4 Å². The van der Waals surface area contributed by atoms with Crippen LogP contribution in [0.4, 0.5) is 0 Å². The Bertz CT molecular complexity index is 749. The molecule has 1 N–H and O–H groups in total. The van der Waals surface area contributed by atoms with Gasteiger partial charge < -0.3 is 4.57 Å². The van der Waals surface area contributed by atoms with Gasteiger partial charge in [-0.2, -0.15) is 4.99 Å². The molecule has 0 spiro atoms. The second-order valence-electron chi connectivity index (χ2n) is 3.54. The number of hydrogen-bond acceptors (Lipinski definition) is 4. The molecule has 2 aromatic heterocycles. The van der Waals surface area contributed by atoms with E-state index in [4.69, 9.17) is 0 Å². The Labute approximate surface area is 105 Å². The lowest BCUT2D eigenvalue weighted by atomic mass is 10.5. The van der Waals surface area contributed by atoms with E-state index >= 15 is 0 Å². The molecule has 0 aliphatic rings. The van der Waals surface area contributed by atoms with Crippen LogP contribution in [0.5, 0.6) is 0 Å². The van der Waals surface area contributed by atoms with E-state index < -0.39 is 17.2 Å². The Balaban J connectivity index is 2.26. The Morgan fingerprint density at radius 2 is 2.22 bits per heavy atom. The van der Waals surface area contributed by atoms with E-state index in [-0.39, 0.29) is 6.54 Å². The van der Waals surface area contributed by atoms with Crippen molar-refractivity contribution in [2.24, 2.45) is 12.0 Å². The minimum absolute atomic E-state index is 0.201. The first kappa shape index (κ1) is 12.2. The van der Waals surface area contributed by atoms with Crippen LogP contribution in [0.2, 0.25) is 0 Å². The van der Waals surface area contributed by atoms with Crippen LogP contribution in [-0.4, -0.2) is 20.0 Å². The first-order valence-corrected chi connectivity index (χ1v) is 5.92. The van der Waals surface area contributed by atoms with Gasteiger partial charge in [0.1, 0.15) is 6.54 Å². The molecule has 0 unspecified atom stereocenters. The lowest BCUT2D eigenvalue weighted by molar-refractivity contribution is -0.118. The number of carbonyl (C=O) groups excluding carboxylic acids is 1. The number of amides is 1. The zero-order chi connectivity index (χ0) is 13.1. The summed E-state index contributed by atoms with van der Waals surface area (Å²) >= 11 is 1.33. The van der Waals surface area contributed by atoms with Crippen molar-refractivity contribution in [3.05, 3.63) is 49.5 Å².